The fraction of sp³-hybridized carbons (Fsp3) is 0. The van der Waals surface area contributed by atoms with E-state index in [2.05, 4.69) is 462 Å². The monoisotopic (exact) mass is 1570 g/mol. The van der Waals surface area contributed by atoms with Gasteiger partial charge >= 0.3 is 0 Å². The number of hydrogen-bond acceptors (Lipinski definition) is 4. The Kier molecular flexibility index (Phi) is 13.8. The second-order valence-corrected chi connectivity index (χ2v) is 33.3. The minimum atomic E-state index is 1.06. The highest BCUT2D eigenvalue weighted by Gasteiger charge is 2.34. The average molecular weight is 1580 g/mol. The first-order valence-electron chi connectivity index (χ1n) is 42.8. The predicted octanol–water partition coefficient (Wildman–Crippen LogP) is 32.1. The molecule has 0 fully saturated rings. The summed E-state index contributed by atoms with van der Waals surface area (Å²) >= 11 is 0. The molecule has 8 aromatic heterocycles. The minimum Gasteiger partial charge on any atom is -0.310 e. The van der Waals surface area contributed by atoms with E-state index in [1.54, 1.807) is 0 Å². The van der Waals surface area contributed by atoms with Gasteiger partial charge in [-0.25, -0.2) is 0 Å². The van der Waals surface area contributed by atoms with Crippen LogP contribution in [0.15, 0.2) is 425 Å². The smallest absolute Gasteiger partial charge is 0.0642 e. The Bertz CT molecular complexity index is 9120. The number of rotatable bonds is 13. The molecule has 0 bridgehead atoms. The zero-order chi connectivity index (χ0) is 80.7. The van der Waals surface area contributed by atoms with Crippen LogP contribution in [0.3, 0.4) is 0 Å². The van der Waals surface area contributed by atoms with E-state index in [0.29, 0.717) is 0 Å². The van der Waals surface area contributed by atoms with Gasteiger partial charge in [-0.15, -0.1) is 0 Å². The molecule has 0 atom stereocenters. The van der Waals surface area contributed by atoms with Crippen molar-refractivity contribution in [3.63, 3.8) is 0 Å². The van der Waals surface area contributed by atoms with E-state index in [1.165, 1.54) is 152 Å². The minimum absolute atomic E-state index is 1.06. The van der Waals surface area contributed by atoms with Crippen molar-refractivity contribution in [2.24, 2.45) is 0 Å². The number of aromatic nitrogens is 4. The van der Waals surface area contributed by atoms with Crippen molar-refractivity contribution >= 4 is 242 Å². The van der Waals surface area contributed by atoms with Crippen LogP contribution in [-0.2, 0) is 0 Å². The number of fused-ring (bicyclic) bond motifs is 30. The molecule has 0 aliphatic heterocycles. The number of benzene rings is 20. The van der Waals surface area contributed by atoms with Crippen LogP contribution in [0.1, 0.15) is 0 Å². The molecule has 0 saturated heterocycles. The molecule has 28 rings (SSSR count). The van der Waals surface area contributed by atoms with Gasteiger partial charge in [0, 0.05) is 153 Å². The molecule has 0 aliphatic rings. The lowest BCUT2D eigenvalue weighted by Crippen LogP contribution is -2.11. The van der Waals surface area contributed by atoms with Crippen LogP contribution in [0.4, 0.5) is 68.2 Å². The zero-order valence-corrected chi connectivity index (χ0v) is 67.0. The van der Waals surface area contributed by atoms with Gasteiger partial charge in [-0.3, -0.25) is 0 Å². The largest absolute Gasteiger partial charge is 0.310 e. The maximum absolute atomic E-state index is 2.66. The Labute approximate surface area is 710 Å². The summed E-state index contributed by atoms with van der Waals surface area (Å²) in [5.74, 6) is 0. The predicted molar refractivity (Wildman–Crippen MR) is 524 cm³/mol. The molecular formula is C116H70N8. The summed E-state index contributed by atoms with van der Waals surface area (Å²) in [5, 5.41) is 24.2. The molecule has 0 spiro atoms. The molecule has 574 valence electrons. The highest BCUT2D eigenvalue weighted by atomic mass is 15.2. The Morgan fingerprint density at radius 1 is 0.137 bits per heavy atom. The van der Waals surface area contributed by atoms with Gasteiger partial charge < -0.3 is 37.2 Å². The summed E-state index contributed by atoms with van der Waals surface area (Å²) < 4.78 is 10.4. The van der Waals surface area contributed by atoms with Crippen molar-refractivity contribution in [1.29, 1.82) is 0 Å². The van der Waals surface area contributed by atoms with Gasteiger partial charge in [0.2, 0.25) is 0 Å². The van der Waals surface area contributed by atoms with Crippen molar-refractivity contribution < 1.29 is 0 Å². The molecule has 124 heavy (non-hydrogen) atoms. The average Bonchev–Trinajstić information content (AvgIpc) is 1.51. The van der Waals surface area contributed by atoms with Crippen LogP contribution in [0.25, 0.3) is 185 Å². The van der Waals surface area contributed by atoms with E-state index in [-0.39, 0.29) is 0 Å². The van der Waals surface area contributed by atoms with E-state index in [1.807, 2.05) is 0 Å². The summed E-state index contributed by atoms with van der Waals surface area (Å²) in [4.78, 5) is 9.95. The molecule has 0 unspecified atom stereocenters. The first kappa shape index (κ1) is 67.2. The summed E-state index contributed by atoms with van der Waals surface area (Å²) in [6.07, 6.45) is 0. The summed E-state index contributed by atoms with van der Waals surface area (Å²) in [6, 6.07) is 158. The molecule has 20 aromatic carbocycles. The van der Waals surface area contributed by atoms with Crippen LogP contribution in [0.5, 0.6) is 0 Å². The number of para-hydroxylation sites is 12. The van der Waals surface area contributed by atoms with Crippen molar-refractivity contribution in [1.82, 2.24) is 17.6 Å². The molecule has 8 heteroatoms. The van der Waals surface area contributed by atoms with E-state index in [4.69, 9.17) is 0 Å². The fourth-order valence-electron chi connectivity index (χ4n) is 22.3. The lowest BCUT2D eigenvalue weighted by Gasteiger charge is -2.29. The molecule has 0 radical (unpaired) electrons. The SMILES string of the molecule is c1ccc(N(c2ccccc2)c2ccc3c4ccc5c(ccc6c7ccc(N(c8ccccc8)c8cccc(-c9ccc%10c%11c(N(c%12ccccc%12)c%12ccccc%12)cc%12c(cc(N(c%13ccccc%13)c%13ccccc%13)c%13c%14cccc%15c%16ccccc%16n(c%15%14)c%12%13)c%11n%11c%12ccccc%12c9c%10%11)c8)c8c9ccccc9n(c56)c78)c4n4c5ccccc5c2c34)cc1. The van der Waals surface area contributed by atoms with Gasteiger partial charge in [-0.1, -0.05) is 279 Å². The summed E-state index contributed by atoms with van der Waals surface area (Å²) in [5.41, 5.74) is 29.7. The Morgan fingerprint density at radius 3 is 0.790 bits per heavy atom. The third-order valence-corrected chi connectivity index (χ3v) is 27.1. The molecule has 0 amide bonds. The highest BCUT2D eigenvalue weighted by molar-refractivity contribution is 6.40. The van der Waals surface area contributed by atoms with Crippen LogP contribution in [0, 0.1) is 0 Å². The van der Waals surface area contributed by atoms with Crippen LogP contribution >= 0.6 is 0 Å². The molecule has 0 saturated carbocycles. The molecule has 28 aromatic rings. The molecular weight excluding hydrogens is 1510 g/mol. The van der Waals surface area contributed by atoms with Gasteiger partial charge in [0.15, 0.2) is 0 Å². The van der Waals surface area contributed by atoms with Gasteiger partial charge in [-0.2, -0.15) is 0 Å². The fourth-order valence-corrected chi connectivity index (χ4v) is 22.3. The first-order valence-corrected chi connectivity index (χ1v) is 42.8. The van der Waals surface area contributed by atoms with Gasteiger partial charge in [0.25, 0.3) is 0 Å². The Morgan fingerprint density at radius 2 is 0.379 bits per heavy atom. The second-order valence-electron chi connectivity index (χ2n) is 33.3. The van der Waals surface area contributed by atoms with Crippen molar-refractivity contribution in [3.8, 4) is 11.1 Å². The third kappa shape index (κ3) is 9.03. The highest BCUT2D eigenvalue weighted by Crippen LogP contribution is 2.58. The van der Waals surface area contributed by atoms with E-state index < -0.39 is 0 Å². The van der Waals surface area contributed by atoms with Gasteiger partial charge in [0.1, 0.15) is 0 Å². The number of nitrogens with zero attached hydrogens (tertiary/aromatic N) is 8. The van der Waals surface area contributed by atoms with Crippen molar-refractivity contribution in [3.05, 3.63) is 425 Å². The molecule has 0 N–H and O–H groups in total. The summed E-state index contributed by atoms with van der Waals surface area (Å²) in [6.45, 7) is 0. The van der Waals surface area contributed by atoms with E-state index in [0.717, 1.165) is 101 Å². The maximum Gasteiger partial charge on any atom is 0.0642 e. The topological polar surface area (TPSA) is 30.6 Å². The number of hydrogen-bond donors (Lipinski definition) is 0. The van der Waals surface area contributed by atoms with Gasteiger partial charge in [-0.05, 0) is 157 Å². The second kappa shape index (κ2) is 25.4. The lowest BCUT2D eigenvalue weighted by atomic mass is 9.94. The van der Waals surface area contributed by atoms with Crippen molar-refractivity contribution in [2.75, 3.05) is 19.6 Å². The zero-order valence-electron chi connectivity index (χ0n) is 67.0. The number of anilines is 12. The van der Waals surface area contributed by atoms with Crippen LogP contribution in [-0.4, -0.2) is 17.6 Å². The Balaban J connectivity index is 0.687. The van der Waals surface area contributed by atoms with E-state index in [9.17, 15) is 0 Å². The molecule has 8 nitrogen and oxygen atoms in total. The lowest BCUT2D eigenvalue weighted by molar-refractivity contribution is 1.29. The van der Waals surface area contributed by atoms with Crippen molar-refractivity contribution in [2.45, 2.75) is 0 Å². The first-order chi connectivity index (χ1) is 61.6. The van der Waals surface area contributed by atoms with Crippen LogP contribution in [0.2, 0.25) is 0 Å². The Hall–Kier alpha value is -16.7. The third-order valence-electron chi connectivity index (χ3n) is 27.1. The normalized spacial score (nSPS) is 12.4. The maximum atomic E-state index is 2.66. The molecule has 0 aliphatic carbocycles. The van der Waals surface area contributed by atoms with Gasteiger partial charge in [0.05, 0.1) is 88.9 Å². The summed E-state index contributed by atoms with van der Waals surface area (Å²) in [7, 11) is 0. The quantitative estimate of drug-likeness (QED) is 0.115. The molecule has 8 heterocycles. The van der Waals surface area contributed by atoms with E-state index >= 15 is 0 Å². The standard InChI is InChI=1S/C116H70N8/c1-8-33-72(34-9-1)117(73-35-10-2-11-36-73)100-66-64-87-85-61-59-84-83(109(85)122-98-56-28-24-50-90(98)105(100)112(87)122)60-62-86-88-65-67-101(106-91-51-25-29-57-99(91)123(110(84)86)113(88)106)120(78-45-20-7-21-46-78)79-47-30-32-71(68-79)80-58-63-93-108-103(119(76-41-16-5-17-42-76)77-43-18-6-19-44-77)69-94-95(116(108)124-97-55-27-23-49-89(97)104(80)114(93)124)70-102(118(74-37-12-3-13-38-74)75-39-14-4-15-40-75)107-92-53-31-52-82-81-48-22-26-54-96(81)121(111(82)92)115(94)107/h1-70H. The van der Waals surface area contributed by atoms with Crippen LogP contribution < -0.4 is 19.6 Å².